The van der Waals surface area contributed by atoms with Gasteiger partial charge in [-0.05, 0) is 58.8 Å². The normalized spacial score (nSPS) is 18.4. The molecule has 1 atom stereocenters. The highest BCUT2D eigenvalue weighted by atomic mass is 32.2. The Labute approximate surface area is 145 Å². The van der Waals surface area contributed by atoms with E-state index >= 15 is 0 Å². The summed E-state index contributed by atoms with van der Waals surface area (Å²) in [5.74, 6) is 3.22. The molecule has 2 aromatic rings. The van der Waals surface area contributed by atoms with Gasteiger partial charge in [-0.2, -0.15) is 5.26 Å². The lowest BCUT2D eigenvalue weighted by atomic mass is 10.1. The molecular weight excluding hydrogens is 336 g/mol. The third-order valence-corrected chi connectivity index (χ3v) is 5.35. The lowest BCUT2D eigenvalue weighted by Crippen LogP contribution is -2.13. The number of benzene rings is 2. The fourth-order valence-electron chi connectivity index (χ4n) is 2.39. The summed E-state index contributed by atoms with van der Waals surface area (Å²) in [6, 6.07) is 13.0. The minimum atomic E-state index is -2.48. The Morgan fingerprint density at radius 2 is 1.96 bits per heavy atom. The maximum atomic E-state index is 12.3. The summed E-state index contributed by atoms with van der Waals surface area (Å²) >= 11 is 0. The molecule has 124 valence electrons. The third kappa shape index (κ3) is 3.47. The first-order valence-electron chi connectivity index (χ1n) is 7.31. The van der Waals surface area contributed by atoms with Crippen molar-refractivity contribution in [3.8, 4) is 11.8 Å². The number of carbonyl (C=O) groups is 1. The Morgan fingerprint density at radius 3 is 2.64 bits per heavy atom. The standard InChI is InChI=1S/C19H14N2O3S/c1-25(24)9-8-14-4-5-16(11-18(14)25)21-19(23)15(12-20)10-13-2-6-17(22)7-3-13/h2-11,22H,1H2,(H,21,23)/b15-10+. The number of hydrogen-bond donors (Lipinski definition) is 2. The maximum absolute atomic E-state index is 12.3. The molecule has 3 rings (SSSR count). The number of nitriles is 1. The molecule has 1 amide bonds. The number of nitrogens with zero attached hydrogens (tertiary/aromatic N) is 1. The van der Waals surface area contributed by atoms with Crippen LogP contribution in [0.15, 0.2) is 58.3 Å². The zero-order chi connectivity index (χ0) is 18.0. The fourth-order valence-corrected chi connectivity index (χ4v) is 3.76. The van der Waals surface area contributed by atoms with Crippen LogP contribution in [0.25, 0.3) is 12.2 Å². The van der Waals surface area contributed by atoms with Gasteiger partial charge in [-0.25, -0.2) is 0 Å². The van der Waals surface area contributed by atoms with Crippen molar-refractivity contribution in [1.82, 2.24) is 0 Å². The number of phenolic OH excluding ortho intramolecular Hbond substituents is 1. The second kappa shape index (κ2) is 6.30. The zero-order valence-corrected chi connectivity index (χ0v) is 13.9. The molecule has 2 N–H and O–H groups in total. The molecule has 1 unspecified atom stereocenters. The van der Waals surface area contributed by atoms with Crippen molar-refractivity contribution >= 4 is 39.1 Å². The van der Waals surface area contributed by atoms with Gasteiger partial charge in [-0.15, -0.1) is 0 Å². The summed E-state index contributed by atoms with van der Waals surface area (Å²) in [4.78, 5) is 12.9. The number of phenols is 1. The van der Waals surface area contributed by atoms with Crippen molar-refractivity contribution in [3.63, 3.8) is 0 Å². The molecule has 0 aliphatic carbocycles. The van der Waals surface area contributed by atoms with Crippen LogP contribution in [0.3, 0.4) is 0 Å². The number of fused-ring (bicyclic) bond motifs is 1. The van der Waals surface area contributed by atoms with E-state index in [1.54, 1.807) is 41.8 Å². The first-order chi connectivity index (χ1) is 11.9. The SMILES string of the molecule is C=S1(=O)C=Cc2ccc(NC(=O)/C(C#N)=C/c3ccc(O)cc3)cc21. The minimum Gasteiger partial charge on any atom is -0.508 e. The highest BCUT2D eigenvalue weighted by molar-refractivity contribution is 8.03. The monoisotopic (exact) mass is 350 g/mol. The predicted octanol–water partition coefficient (Wildman–Crippen LogP) is 3.00. The Kier molecular flexibility index (Phi) is 4.17. The molecule has 0 fully saturated rings. The van der Waals surface area contributed by atoms with Crippen molar-refractivity contribution in [2.45, 2.75) is 4.90 Å². The molecule has 1 heterocycles. The lowest BCUT2D eigenvalue weighted by Gasteiger charge is -2.08. The van der Waals surface area contributed by atoms with Gasteiger partial charge in [-0.1, -0.05) is 18.2 Å². The summed E-state index contributed by atoms with van der Waals surface area (Å²) in [5.41, 5.74) is 1.77. The van der Waals surface area contributed by atoms with E-state index in [4.69, 9.17) is 0 Å². The molecule has 1 aliphatic heterocycles. The Hall–Kier alpha value is -3.30. The number of nitrogens with one attached hydrogen (secondary N) is 1. The molecule has 5 nitrogen and oxygen atoms in total. The maximum Gasteiger partial charge on any atom is 0.266 e. The van der Waals surface area contributed by atoms with Gasteiger partial charge in [0.1, 0.15) is 17.4 Å². The van der Waals surface area contributed by atoms with Crippen molar-refractivity contribution in [1.29, 1.82) is 5.26 Å². The molecular formula is C19H14N2O3S. The van der Waals surface area contributed by atoms with E-state index in [-0.39, 0.29) is 11.3 Å². The summed E-state index contributed by atoms with van der Waals surface area (Å²) in [6.45, 7) is 0. The van der Waals surface area contributed by atoms with Gasteiger partial charge in [0.05, 0.1) is 0 Å². The van der Waals surface area contributed by atoms with Crippen molar-refractivity contribution in [2.24, 2.45) is 0 Å². The van der Waals surface area contributed by atoms with Gasteiger partial charge < -0.3 is 10.4 Å². The van der Waals surface area contributed by atoms with E-state index < -0.39 is 15.4 Å². The lowest BCUT2D eigenvalue weighted by molar-refractivity contribution is -0.112. The number of aromatic hydroxyl groups is 1. The van der Waals surface area contributed by atoms with Crippen LogP contribution in [0, 0.1) is 11.3 Å². The van der Waals surface area contributed by atoms with Crippen LogP contribution in [0.4, 0.5) is 5.69 Å². The topological polar surface area (TPSA) is 90.2 Å². The summed E-state index contributed by atoms with van der Waals surface area (Å²) in [7, 11) is -2.48. The van der Waals surface area contributed by atoms with Crippen LogP contribution in [0.1, 0.15) is 11.1 Å². The largest absolute Gasteiger partial charge is 0.508 e. The van der Waals surface area contributed by atoms with E-state index in [1.807, 2.05) is 6.07 Å². The van der Waals surface area contributed by atoms with E-state index in [0.29, 0.717) is 16.1 Å². The minimum absolute atomic E-state index is 0.0836. The smallest absolute Gasteiger partial charge is 0.266 e. The Morgan fingerprint density at radius 1 is 1.24 bits per heavy atom. The molecule has 2 aromatic carbocycles. The molecule has 0 radical (unpaired) electrons. The van der Waals surface area contributed by atoms with Crippen LogP contribution in [-0.4, -0.2) is 21.1 Å². The molecule has 0 aromatic heterocycles. The van der Waals surface area contributed by atoms with Crippen molar-refractivity contribution in [2.75, 3.05) is 5.32 Å². The van der Waals surface area contributed by atoms with Gasteiger partial charge >= 0.3 is 0 Å². The Balaban J connectivity index is 1.84. The number of hydrogen-bond acceptors (Lipinski definition) is 4. The quantitative estimate of drug-likeness (QED) is 0.506. The number of amides is 1. The van der Waals surface area contributed by atoms with Crippen LogP contribution in [0.5, 0.6) is 5.75 Å². The van der Waals surface area contributed by atoms with E-state index in [0.717, 1.165) is 5.56 Å². The highest BCUT2D eigenvalue weighted by Crippen LogP contribution is 2.29. The average Bonchev–Trinajstić information content (AvgIpc) is 2.89. The molecule has 1 aliphatic rings. The molecule has 0 saturated carbocycles. The second-order valence-electron chi connectivity index (χ2n) is 5.50. The van der Waals surface area contributed by atoms with Gasteiger partial charge in [0, 0.05) is 20.1 Å². The van der Waals surface area contributed by atoms with Gasteiger partial charge in [0.25, 0.3) is 5.91 Å². The number of carbonyl (C=O) groups excluding carboxylic acids is 1. The molecule has 25 heavy (non-hydrogen) atoms. The molecule has 0 spiro atoms. The summed E-state index contributed by atoms with van der Waals surface area (Å²) in [5, 5.41) is 22.7. The van der Waals surface area contributed by atoms with E-state index in [1.165, 1.54) is 18.2 Å². The molecule has 6 heteroatoms. The first-order valence-corrected chi connectivity index (χ1v) is 9.10. The summed E-state index contributed by atoms with van der Waals surface area (Å²) < 4.78 is 12.3. The summed E-state index contributed by atoms with van der Waals surface area (Å²) in [6.07, 6.45) is 3.16. The van der Waals surface area contributed by atoms with Gasteiger partial charge in [0.2, 0.25) is 0 Å². The van der Waals surface area contributed by atoms with Crippen molar-refractivity contribution in [3.05, 3.63) is 64.6 Å². The van der Waals surface area contributed by atoms with Crippen LogP contribution in [-0.2, 0) is 14.3 Å². The van der Waals surface area contributed by atoms with Crippen LogP contribution < -0.4 is 5.32 Å². The molecule has 0 bridgehead atoms. The van der Waals surface area contributed by atoms with Crippen LogP contribution in [0.2, 0.25) is 0 Å². The Bertz CT molecular complexity index is 1060. The number of anilines is 1. The average molecular weight is 350 g/mol. The van der Waals surface area contributed by atoms with E-state index in [9.17, 15) is 19.4 Å². The highest BCUT2D eigenvalue weighted by Gasteiger charge is 2.17. The van der Waals surface area contributed by atoms with E-state index in [2.05, 4.69) is 11.2 Å². The third-order valence-electron chi connectivity index (χ3n) is 3.68. The predicted molar refractivity (Wildman–Crippen MR) is 99.3 cm³/mol. The molecule has 0 saturated heterocycles. The second-order valence-corrected chi connectivity index (χ2v) is 7.66. The van der Waals surface area contributed by atoms with Gasteiger partial charge in [0.15, 0.2) is 0 Å². The fraction of sp³-hybridized carbons (Fsp3) is 0. The van der Waals surface area contributed by atoms with Crippen molar-refractivity contribution < 1.29 is 14.1 Å². The zero-order valence-electron chi connectivity index (χ0n) is 13.1. The van der Waals surface area contributed by atoms with Crippen LogP contribution >= 0.6 is 0 Å². The van der Waals surface area contributed by atoms with Gasteiger partial charge in [-0.3, -0.25) is 9.00 Å². The first kappa shape index (κ1) is 16.6. The number of rotatable bonds is 3.